The number of hydrogen-bond acceptors (Lipinski definition) is 2. The highest BCUT2D eigenvalue weighted by Crippen LogP contribution is 2.31. The highest BCUT2D eigenvalue weighted by Gasteiger charge is 2.21. The maximum absolute atomic E-state index is 13.1. The van der Waals surface area contributed by atoms with E-state index in [9.17, 15) is 8.78 Å². The molecule has 1 unspecified atom stereocenters. The van der Waals surface area contributed by atoms with Crippen LogP contribution in [0.15, 0.2) is 47.5 Å². The minimum Gasteiger partial charge on any atom is -0.493 e. The van der Waals surface area contributed by atoms with Crippen molar-refractivity contribution in [2.45, 2.75) is 18.9 Å². The molecule has 134 valence electrons. The van der Waals surface area contributed by atoms with Crippen molar-refractivity contribution in [3.63, 3.8) is 0 Å². The highest BCUT2D eigenvalue weighted by molar-refractivity contribution is 14.0. The SMILES string of the molecule is I.NC(=NCCc1cc(F)cc(F)c1)NC1CCOc2ccccc21. The van der Waals surface area contributed by atoms with Gasteiger partial charge in [0.15, 0.2) is 5.96 Å². The number of nitrogens with two attached hydrogens (primary N) is 1. The molecule has 4 nitrogen and oxygen atoms in total. The molecule has 2 aromatic rings. The van der Waals surface area contributed by atoms with Gasteiger partial charge in [-0.25, -0.2) is 8.78 Å². The lowest BCUT2D eigenvalue weighted by molar-refractivity contribution is 0.262. The molecule has 0 amide bonds. The molecular weight excluding hydrogens is 439 g/mol. The van der Waals surface area contributed by atoms with Crippen LogP contribution in [0, 0.1) is 11.6 Å². The minimum atomic E-state index is -0.584. The van der Waals surface area contributed by atoms with Crippen molar-refractivity contribution in [2.24, 2.45) is 10.7 Å². The number of halogens is 3. The maximum atomic E-state index is 13.1. The summed E-state index contributed by atoms with van der Waals surface area (Å²) in [5, 5.41) is 3.18. The Kier molecular flexibility index (Phi) is 6.98. The monoisotopic (exact) mass is 459 g/mol. The molecule has 25 heavy (non-hydrogen) atoms. The second-order valence-electron chi connectivity index (χ2n) is 5.67. The van der Waals surface area contributed by atoms with Gasteiger partial charge in [-0.3, -0.25) is 4.99 Å². The third-order valence-electron chi connectivity index (χ3n) is 3.89. The zero-order valence-electron chi connectivity index (χ0n) is 13.5. The first-order valence-electron chi connectivity index (χ1n) is 7.85. The summed E-state index contributed by atoms with van der Waals surface area (Å²) >= 11 is 0. The molecule has 1 heterocycles. The van der Waals surface area contributed by atoms with Gasteiger partial charge in [0.25, 0.3) is 0 Å². The van der Waals surface area contributed by atoms with E-state index in [0.29, 0.717) is 31.1 Å². The fourth-order valence-electron chi connectivity index (χ4n) is 2.78. The molecule has 3 rings (SSSR count). The van der Waals surface area contributed by atoms with Gasteiger partial charge in [-0.05, 0) is 30.2 Å². The zero-order chi connectivity index (χ0) is 16.9. The third-order valence-corrected chi connectivity index (χ3v) is 3.89. The predicted molar refractivity (Wildman–Crippen MR) is 104 cm³/mol. The minimum absolute atomic E-state index is 0. The second-order valence-corrected chi connectivity index (χ2v) is 5.67. The Hall–Kier alpha value is -1.90. The number of ether oxygens (including phenoxy) is 1. The van der Waals surface area contributed by atoms with Crippen molar-refractivity contribution in [1.82, 2.24) is 5.32 Å². The third kappa shape index (κ3) is 5.29. The molecule has 0 bridgehead atoms. The Balaban J connectivity index is 0.00000225. The Labute approximate surface area is 162 Å². The van der Waals surface area contributed by atoms with Crippen LogP contribution in [0.5, 0.6) is 5.75 Å². The fraction of sp³-hybridized carbons (Fsp3) is 0.278. The number of fused-ring (bicyclic) bond motifs is 1. The molecule has 0 saturated carbocycles. The molecule has 1 aliphatic rings. The van der Waals surface area contributed by atoms with Crippen molar-refractivity contribution in [2.75, 3.05) is 13.2 Å². The van der Waals surface area contributed by atoms with Crippen LogP contribution >= 0.6 is 24.0 Å². The number of rotatable bonds is 4. The summed E-state index contributed by atoms with van der Waals surface area (Å²) in [4.78, 5) is 4.24. The van der Waals surface area contributed by atoms with Crippen LogP contribution in [0.2, 0.25) is 0 Å². The highest BCUT2D eigenvalue weighted by atomic mass is 127. The van der Waals surface area contributed by atoms with Crippen LogP contribution in [0.4, 0.5) is 8.78 Å². The lowest BCUT2D eigenvalue weighted by Gasteiger charge is -2.26. The molecule has 0 spiro atoms. The molecule has 0 radical (unpaired) electrons. The van der Waals surface area contributed by atoms with Gasteiger partial charge in [0.1, 0.15) is 17.4 Å². The average molecular weight is 459 g/mol. The summed E-state index contributed by atoms with van der Waals surface area (Å²) < 4.78 is 31.9. The molecule has 1 aliphatic heterocycles. The maximum Gasteiger partial charge on any atom is 0.189 e. The summed E-state index contributed by atoms with van der Waals surface area (Å²) in [6.07, 6.45) is 1.21. The van der Waals surface area contributed by atoms with Crippen molar-refractivity contribution in [3.05, 3.63) is 65.2 Å². The van der Waals surface area contributed by atoms with Crippen molar-refractivity contribution >= 4 is 29.9 Å². The smallest absolute Gasteiger partial charge is 0.189 e. The van der Waals surface area contributed by atoms with Gasteiger partial charge in [0.05, 0.1) is 12.6 Å². The number of nitrogens with one attached hydrogen (secondary N) is 1. The van der Waals surface area contributed by atoms with Crippen molar-refractivity contribution in [3.8, 4) is 5.75 Å². The van der Waals surface area contributed by atoms with Gasteiger partial charge >= 0.3 is 0 Å². The van der Waals surface area contributed by atoms with Crippen LogP contribution in [-0.2, 0) is 6.42 Å². The molecule has 1 atom stereocenters. The molecule has 0 aromatic heterocycles. The predicted octanol–water partition coefficient (Wildman–Crippen LogP) is 3.55. The average Bonchev–Trinajstić information content (AvgIpc) is 2.54. The zero-order valence-corrected chi connectivity index (χ0v) is 15.9. The second kappa shape index (κ2) is 8.98. The van der Waals surface area contributed by atoms with Gasteiger partial charge in [-0.2, -0.15) is 0 Å². The standard InChI is InChI=1S/C18H19F2N3O.HI/c19-13-9-12(10-14(20)11-13)5-7-22-18(21)23-16-6-8-24-17-4-2-1-3-15(16)17;/h1-4,9-11,16H,5-8H2,(H3,21,22,23);1H. The van der Waals surface area contributed by atoms with Crippen LogP contribution in [-0.4, -0.2) is 19.1 Å². The normalized spacial score (nSPS) is 16.4. The van der Waals surface area contributed by atoms with E-state index in [1.54, 1.807) is 0 Å². The van der Waals surface area contributed by atoms with Gasteiger partial charge in [-0.15, -0.1) is 24.0 Å². The van der Waals surface area contributed by atoms with Crippen LogP contribution in [0.25, 0.3) is 0 Å². The number of guanidine groups is 1. The quantitative estimate of drug-likeness (QED) is 0.418. The van der Waals surface area contributed by atoms with Gasteiger partial charge in [0, 0.05) is 24.6 Å². The number of benzene rings is 2. The van der Waals surface area contributed by atoms with Crippen molar-refractivity contribution in [1.29, 1.82) is 0 Å². The van der Waals surface area contributed by atoms with E-state index in [0.717, 1.165) is 23.8 Å². The Morgan fingerprint density at radius 2 is 1.92 bits per heavy atom. The van der Waals surface area contributed by atoms with Gasteiger partial charge in [-0.1, -0.05) is 18.2 Å². The summed E-state index contributed by atoms with van der Waals surface area (Å²) in [7, 11) is 0. The molecule has 0 fully saturated rings. The summed E-state index contributed by atoms with van der Waals surface area (Å²) in [5.74, 6) is -0.00403. The largest absolute Gasteiger partial charge is 0.493 e. The summed E-state index contributed by atoms with van der Waals surface area (Å²) in [6, 6.07) is 11.3. The summed E-state index contributed by atoms with van der Waals surface area (Å²) in [5.41, 5.74) is 7.54. The van der Waals surface area contributed by atoms with Crippen molar-refractivity contribution < 1.29 is 13.5 Å². The van der Waals surface area contributed by atoms with E-state index < -0.39 is 11.6 Å². The Bertz CT molecular complexity index is 735. The fourth-order valence-corrected chi connectivity index (χ4v) is 2.78. The Morgan fingerprint density at radius 3 is 2.68 bits per heavy atom. The van der Waals surface area contributed by atoms with Gasteiger partial charge in [0.2, 0.25) is 0 Å². The number of para-hydroxylation sites is 1. The van der Waals surface area contributed by atoms with E-state index in [-0.39, 0.29) is 30.0 Å². The van der Waals surface area contributed by atoms with E-state index in [4.69, 9.17) is 10.5 Å². The Morgan fingerprint density at radius 1 is 1.20 bits per heavy atom. The van der Waals surface area contributed by atoms with Gasteiger partial charge < -0.3 is 15.8 Å². The number of hydrogen-bond donors (Lipinski definition) is 2. The first-order chi connectivity index (χ1) is 11.6. The molecular formula is C18H20F2IN3O. The van der Waals surface area contributed by atoms with E-state index in [1.807, 2.05) is 24.3 Å². The first kappa shape index (κ1) is 19.4. The molecule has 2 aromatic carbocycles. The topological polar surface area (TPSA) is 59.6 Å². The number of aliphatic imine (C=N–C) groups is 1. The number of nitrogens with zero attached hydrogens (tertiary/aromatic N) is 1. The molecule has 3 N–H and O–H groups in total. The van der Waals surface area contributed by atoms with E-state index >= 15 is 0 Å². The summed E-state index contributed by atoms with van der Waals surface area (Å²) in [6.45, 7) is 0.969. The molecule has 0 saturated heterocycles. The molecule has 7 heteroatoms. The first-order valence-corrected chi connectivity index (χ1v) is 7.85. The van der Waals surface area contributed by atoms with Crippen LogP contribution in [0.3, 0.4) is 0 Å². The van der Waals surface area contributed by atoms with E-state index in [2.05, 4.69) is 10.3 Å². The molecule has 0 aliphatic carbocycles. The lowest BCUT2D eigenvalue weighted by atomic mass is 10.0. The van der Waals surface area contributed by atoms with Crippen LogP contribution in [0.1, 0.15) is 23.6 Å². The van der Waals surface area contributed by atoms with Crippen LogP contribution < -0.4 is 15.8 Å². The lowest BCUT2D eigenvalue weighted by Crippen LogP contribution is -2.37. The van der Waals surface area contributed by atoms with E-state index in [1.165, 1.54) is 12.1 Å².